The van der Waals surface area contributed by atoms with Gasteiger partial charge in [0.15, 0.2) is 0 Å². The highest BCUT2D eigenvalue weighted by atomic mass is 16.5. The second kappa shape index (κ2) is 5.68. The van der Waals surface area contributed by atoms with Crippen molar-refractivity contribution in [1.29, 1.82) is 0 Å². The van der Waals surface area contributed by atoms with E-state index in [2.05, 4.69) is 9.88 Å². The van der Waals surface area contributed by atoms with Gasteiger partial charge in [0.1, 0.15) is 6.61 Å². The Labute approximate surface area is 89.8 Å². The first kappa shape index (κ1) is 10.4. The summed E-state index contributed by atoms with van der Waals surface area (Å²) in [4.78, 5) is 6.44. The number of nitrogens with zero attached hydrogens (tertiary/aromatic N) is 2. The predicted molar refractivity (Wildman–Crippen MR) is 57.0 cm³/mol. The summed E-state index contributed by atoms with van der Waals surface area (Å²) in [5, 5.41) is 0. The van der Waals surface area contributed by atoms with E-state index < -0.39 is 0 Å². The van der Waals surface area contributed by atoms with Gasteiger partial charge in [-0.05, 0) is 6.07 Å². The Balaban J connectivity index is 1.66. The topological polar surface area (TPSA) is 34.6 Å². The number of pyridine rings is 1. The average molecular weight is 208 g/mol. The molecule has 0 radical (unpaired) electrons. The van der Waals surface area contributed by atoms with E-state index >= 15 is 0 Å². The maximum atomic E-state index is 5.52. The molecule has 82 valence electrons. The summed E-state index contributed by atoms with van der Waals surface area (Å²) < 4.78 is 10.8. The van der Waals surface area contributed by atoms with Gasteiger partial charge in [-0.15, -0.1) is 0 Å². The Morgan fingerprint density at radius 2 is 2.20 bits per heavy atom. The number of aromatic nitrogens is 1. The summed E-state index contributed by atoms with van der Waals surface area (Å²) in [6.07, 6.45) is 1.74. The Bertz CT molecular complexity index is 273. The lowest BCUT2D eigenvalue weighted by molar-refractivity contribution is 0.0320. The minimum Gasteiger partial charge on any atom is -0.476 e. The van der Waals surface area contributed by atoms with Crippen LogP contribution in [0.25, 0.3) is 0 Å². The third-order valence-electron chi connectivity index (χ3n) is 2.40. The van der Waals surface area contributed by atoms with Crippen LogP contribution in [-0.4, -0.2) is 49.3 Å². The van der Waals surface area contributed by atoms with Gasteiger partial charge >= 0.3 is 0 Å². The Morgan fingerprint density at radius 1 is 1.33 bits per heavy atom. The van der Waals surface area contributed by atoms with Crippen molar-refractivity contribution >= 4 is 0 Å². The van der Waals surface area contributed by atoms with Crippen LogP contribution in [0.5, 0.6) is 5.88 Å². The summed E-state index contributed by atoms with van der Waals surface area (Å²) in [7, 11) is 0. The largest absolute Gasteiger partial charge is 0.476 e. The second-order valence-electron chi connectivity index (χ2n) is 3.47. The second-order valence-corrected chi connectivity index (χ2v) is 3.47. The minimum absolute atomic E-state index is 0.691. The molecule has 0 atom stereocenters. The van der Waals surface area contributed by atoms with Crippen molar-refractivity contribution in [2.75, 3.05) is 39.5 Å². The zero-order chi connectivity index (χ0) is 10.3. The van der Waals surface area contributed by atoms with Gasteiger partial charge in [-0.1, -0.05) is 6.07 Å². The lowest BCUT2D eigenvalue weighted by Crippen LogP contribution is -2.38. The first-order valence-electron chi connectivity index (χ1n) is 5.29. The van der Waals surface area contributed by atoms with Crippen molar-refractivity contribution < 1.29 is 9.47 Å². The van der Waals surface area contributed by atoms with E-state index in [1.165, 1.54) is 0 Å². The SMILES string of the molecule is c1ccc(OCCN2CCOCC2)nc1. The molecule has 0 aliphatic carbocycles. The average Bonchev–Trinajstić information content (AvgIpc) is 2.32. The quantitative estimate of drug-likeness (QED) is 0.733. The number of morpholine rings is 1. The summed E-state index contributed by atoms with van der Waals surface area (Å²) in [5.41, 5.74) is 0. The van der Waals surface area contributed by atoms with Crippen molar-refractivity contribution in [3.8, 4) is 5.88 Å². The Kier molecular flexibility index (Phi) is 3.93. The van der Waals surface area contributed by atoms with Crippen molar-refractivity contribution in [3.05, 3.63) is 24.4 Å². The maximum Gasteiger partial charge on any atom is 0.213 e. The van der Waals surface area contributed by atoms with E-state index in [4.69, 9.17) is 9.47 Å². The molecule has 0 N–H and O–H groups in total. The summed E-state index contributed by atoms with van der Waals surface area (Å²) in [6, 6.07) is 5.69. The molecule has 2 heterocycles. The molecule has 0 amide bonds. The van der Waals surface area contributed by atoms with Gasteiger partial charge in [-0.3, -0.25) is 4.90 Å². The van der Waals surface area contributed by atoms with Gasteiger partial charge in [0, 0.05) is 31.9 Å². The monoisotopic (exact) mass is 208 g/mol. The fraction of sp³-hybridized carbons (Fsp3) is 0.545. The molecule has 1 aromatic rings. The van der Waals surface area contributed by atoms with Gasteiger partial charge in [0.2, 0.25) is 5.88 Å². The molecular weight excluding hydrogens is 192 g/mol. The molecule has 1 fully saturated rings. The zero-order valence-electron chi connectivity index (χ0n) is 8.76. The molecule has 4 heteroatoms. The van der Waals surface area contributed by atoms with Crippen LogP contribution in [0.2, 0.25) is 0 Å². The van der Waals surface area contributed by atoms with Gasteiger partial charge in [-0.2, -0.15) is 0 Å². The molecule has 0 bridgehead atoms. The van der Waals surface area contributed by atoms with Gasteiger partial charge in [0.25, 0.3) is 0 Å². The fourth-order valence-electron chi connectivity index (χ4n) is 1.54. The zero-order valence-corrected chi connectivity index (χ0v) is 8.76. The number of ether oxygens (including phenoxy) is 2. The molecule has 1 saturated heterocycles. The van der Waals surface area contributed by atoms with Crippen LogP contribution >= 0.6 is 0 Å². The molecule has 2 rings (SSSR count). The van der Waals surface area contributed by atoms with Crippen molar-refractivity contribution in [3.63, 3.8) is 0 Å². The lowest BCUT2D eigenvalue weighted by Gasteiger charge is -2.26. The molecular formula is C11H16N2O2. The number of hydrogen-bond acceptors (Lipinski definition) is 4. The predicted octanol–water partition coefficient (Wildman–Crippen LogP) is 0.793. The van der Waals surface area contributed by atoms with Gasteiger partial charge in [0.05, 0.1) is 13.2 Å². The van der Waals surface area contributed by atoms with Crippen LogP contribution in [0, 0.1) is 0 Å². The first-order chi connectivity index (χ1) is 7.45. The summed E-state index contributed by atoms with van der Waals surface area (Å²) in [5.74, 6) is 0.700. The molecule has 1 aliphatic rings. The van der Waals surface area contributed by atoms with E-state index in [1.54, 1.807) is 6.20 Å². The highest BCUT2D eigenvalue weighted by Crippen LogP contribution is 2.03. The van der Waals surface area contributed by atoms with Crippen LogP contribution in [-0.2, 0) is 4.74 Å². The molecule has 0 saturated carbocycles. The third-order valence-corrected chi connectivity index (χ3v) is 2.40. The highest BCUT2D eigenvalue weighted by molar-refractivity contribution is 5.08. The normalized spacial score (nSPS) is 17.6. The molecule has 1 aliphatic heterocycles. The van der Waals surface area contributed by atoms with Crippen molar-refractivity contribution in [2.24, 2.45) is 0 Å². The van der Waals surface area contributed by atoms with Crippen molar-refractivity contribution in [1.82, 2.24) is 9.88 Å². The number of hydrogen-bond donors (Lipinski definition) is 0. The van der Waals surface area contributed by atoms with E-state index in [-0.39, 0.29) is 0 Å². The Hall–Kier alpha value is -1.13. The van der Waals surface area contributed by atoms with Crippen LogP contribution in [0.4, 0.5) is 0 Å². The van der Waals surface area contributed by atoms with E-state index in [9.17, 15) is 0 Å². The molecule has 0 spiro atoms. The highest BCUT2D eigenvalue weighted by Gasteiger charge is 2.09. The lowest BCUT2D eigenvalue weighted by atomic mass is 10.4. The first-order valence-corrected chi connectivity index (χ1v) is 5.29. The van der Waals surface area contributed by atoms with Crippen molar-refractivity contribution in [2.45, 2.75) is 0 Å². The standard InChI is InChI=1S/C11H16N2O2/c1-2-4-12-11(3-1)15-10-7-13-5-8-14-9-6-13/h1-4H,5-10H2. The molecule has 0 unspecified atom stereocenters. The Morgan fingerprint density at radius 3 is 2.93 bits per heavy atom. The summed E-state index contributed by atoms with van der Waals surface area (Å²) in [6.45, 7) is 5.32. The molecule has 0 aromatic carbocycles. The maximum absolute atomic E-state index is 5.52. The minimum atomic E-state index is 0.691. The third kappa shape index (κ3) is 3.49. The van der Waals surface area contributed by atoms with Crippen LogP contribution < -0.4 is 4.74 Å². The van der Waals surface area contributed by atoms with Crippen LogP contribution in [0.3, 0.4) is 0 Å². The number of rotatable bonds is 4. The van der Waals surface area contributed by atoms with Gasteiger partial charge < -0.3 is 9.47 Å². The van der Waals surface area contributed by atoms with Gasteiger partial charge in [-0.25, -0.2) is 4.98 Å². The molecule has 1 aromatic heterocycles. The summed E-state index contributed by atoms with van der Waals surface area (Å²) >= 11 is 0. The molecule has 15 heavy (non-hydrogen) atoms. The smallest absolute Gasteiger partial charge is 0.213 e. The van der Waals surface area contributed by atoms with E-state index in [0.29, 0.717) is 12.5 Å². The fourth-order valence-corrected chi connectivity index (χ4v) is 1.54. The van der Waals surface area contributed by atoms with Crippen LogP contribution in [0.15, 0.2) is 24.4 Å². The molecule has 4 nitrogen and oxygen atoms in total. The van der Waals surface area contributed by atoms with Crippen LogP contribution in [0.1, 0.15) is 0 Å². The van der Waals surface area contributed by atoms with E-state index in [0.717, 1.165) is 32.8 Å². The van der Waals surface area contributed by atoms with E-state index in [1.807, 2.05) is 18.2 Å².